The summed E-state index contributed by atoms with van der Waals surface area (Å²) in [7, 11) is 0. The standard InChI is InChI=1S/C54H46N4/c1-3-36-28-37-27-35(2)31-54(32-36,33-37)47-24-21-43(22-25-47)53-57-51(41-17-13-39(14-18-41)38-9-5-4-6-10-38)56-52(58-53)42-19-15-40(16-20-42)44-23-26-49-45(29-44)30-46(34-55)48-11-7-8-12-50(48)49/h4-26,29-30,35-37H,3,27-28,31-33H2,1-2H3/t35-,36+,37-,54?/m0/s1. The third-order valence-electron chi connectivity index (χ3n) is 13.2. The molecular formula is C54H46N4. The largest absolute Gasteiger partial charge is 0.208 e. The maximum absolute atomic E-state index is 9.92. The normalized spacial score (nSPS) is 20.2. The zero-order chi connectivity index (χ0) is 39.2. The molecule has 1 aromatic heterocycles. The van der Waals surface area contributed by atoms with Crippen LogP contribution in [0.2, 0.25) is 0 Å². The summed E-state index contributed by atoms with van der Waals surface area (Å²) in [6.07, 6.45) is 7.95. The highest BCUT2D eigenvalue weighted by molar-refractivity contribution is 6.10. The number of nitriles is 1. The molecule has 0 spiro atoms. The van der Waals surface area contributed by atoms with Crippen molar-refractivity contribution in [2.45, 2.75) is 57.8 Å². The number of rotatable bonds is 7. The van der Waals surface area contributed by atoms with Gasteiger partial charge in [-0.1, -0.05) is 160 Å². The molecule has 7 aromatic carbocycles. The summed E-state index contributed by atoms with van der Waals surface area (Å²) >= 11 is 0. The van der Waals surface area contributed by atoms with Gasteiger partial charge in [0.2, 0.25) is 0 Å². The second-order valence-corrected chi connectivity index (χ2v) is 17.0. The molecule has 1 heterocycles. The highest BCUT2D eigenvalue weighted by Gasteiger charge is 2.45. The molecule has 2 bridgehead atoms. The quantitative estimate of drug-likeness (QED) is 0.152. The molecule has 2 aliphatic carbocycles. The lowest BCUT2D eigenvalue weighted by atomic mass is 9.54. The molecule has 8 aromatic rings. The van der Waals surface area contributed by atoms with Crippen molar-refractivity contribution in [2.75, 3.05) is 0 Å². The SMILES string of the molecule is CC[C@@H]1C[C@@H]2C[C@H](C)CC(c3ccc(-c4nc(-c5ccc(-c6ccccc6)cc5)nc(-c5ccc(-c6ccc7c(c6)cc(C#N)c6ccccc67)cc5)n4)cc3)(C1)C2. The van der Waals surface area contributed by atoms with E-state index in [0.29, 0.717) is 23.0 Å². The molecule has 282 valence electrons. The minimum Gasteiger partial charge on any atom is -0.208 e. The maximum atomic E-state index is 9.92. The summed E-state index contributed by atoms with van der Waals surface area (Å²) < 4.78 is 0. The van der Waals surface area contributed by atoms with Gasteiger partial charge in [-0.2, -0.15) is 5.26 Å². The molecule has 4 atom stereocenters. The van der Waals surface area contributed by atoms with Gasteiger partial charge in [0.15, 0.2) is 17.5 Å². The van der Waals surface area contributed by atoms with Crippen molar-refractivity contribution in [3.05, 3.63) is 163 Å². The minimum atomic E-state index is 0.272. The van der Waals surface area contributed by atoms with Gasteiger partial charge in [-0.3, -0.25) is 0 Å². The van der Waals surface area contributed by atoms with Crippen LogP contribution in [0.4, 0.5) is 0 Å². The molecule has 0 amide bonds. The number of hydrogen-bond donors (Lipinski definition) is 0. The third kappa shape index (κ3) is 6.65. The van der Waals surface area contributed by atoms with Gasteiger partial charge in [0.1, 0.15) is 0 Å². The van der Waals surface area contributed by atoms with Crippen LogP contribution in [0.25, 0.3) is 78.0 Å². The molecule has 0 saturated heterocycles. The Kier molecular flexibility index (Phi) is 9.18. The van der Waals surface area contributed by atoms with Gasteiger partial charge < -0.3 is 0 Å². The summed E-state index contributed by atoms with van der Waals surface area (Å²) in [6.45, 7) is 4.84. The predicted octanol–water partition coefficient (Wildman–Crippen LogP) is 13.9. The van der Waals surface area contributed by atoms with Crippen molar-refractivity contribution in [1.29, 1.82) is 5.26 Å². The van der Waals surface area contributed by atoms with Crippen LogP contribution in [-0.4, -0.2) is 15.0 Å². The van der Waals surface area contributed by atoms with E-state index in [2.05, 4.69) is 141 Å². The summed E-state index contributed by atoms with van der Waals surface area (Å²) in [5.41, 5.74) is 9.85. The minimum absolute atomic E-state index is 0.272. The Morgan fingerprint density at radius 3 is 1.69 bits per heavy atom. The average Bonchev–Trinajstić information content (AvgIpc) is 3.28. The Morgan fingerprint density at radius 1 is 0.534 bits per heavy atom. The number of benzene rings is 7. The van der Waals surface area contributed by atoms with Crippen LogP contribution in [0, 0.1) is 29.1 Å². The van der Waals surface area contributed by atoms with Crippen LogP contribution in [0.15, 0.2) is 152 Å². The van der Waals surface area contributed by atoms with Crippen molar-refractivity contribution in [2.24, 2.45) is 17.8 Å². The highest BCUT2D eigenvalue weighted by atomic mass is 15.0. The number of hydrogen-bond acceptors (Lipinski definition) is 4. The second-order valence-electron chi connectivity index (χ2n) is 17.0. The summed E-state index contributed by atoms with van der Waals surface area (Å²) in [6, 6.07) is 55.8. The first-order chi connectivity index (χ1) is 28.4. The fourth-order valence-corrected chi connectivity index (χ4v) is 10.5. The van der Waals surface area contributed by atoms with Gasteiger partial charge >= 0.3 is 0 Å². The van der Waals surface area contributed by atoms with Crippen molar-refractivity contribution >= 4 is 21.5 Å². The van der Waals surface area contributed by atoms with Crippen LogP contribution in [-0.2, 0) is 5.41 Å². The van der Waals surface area contributed by atoms with E-state index in [1.165, 1.54) is 49.7 Å². The van der Waals surface area contributed by atoms with E-state index in [0.717, 1.165) is 72.7 Å². The predicted molar refractivity (Wildman–Crippen MR) is 238 cm³/mol. The molecule has 0 aliphatic heterocycles. The monoisotopic (exact) mass is 750 g/mol. The Morgan fingerprint density at radius 2 is 1.07 bits per heavy atom. The highest BCUT2D eigenvalue weighted by Crippen LogP contribution is 2.54. The third-order valence-corrected chi connectivity index (χ3v) is 13.2. The Bertz CT molecular complexity index is 2820. The average molecular weight is 751 g/mol. The number of fused-ring (bicyclic) bond motifs is 5. The van der Waals surface area contributed by atoms with E-state index < -0.39 is 0 Å². The van der Waals surface area contributed by atoms with Crippen LogP contribution in [0.3, 0.4) is 0 Å². The van der Waals surface area contributed by atoms with Crippen LogP contribution in [0.5, 0.6) is 0 Å². The summed E-state index contributed by atoms with van der Waals surface area (Å²) in [5.74, 6) is 4.41. The first-order valence-corrected chi connectivity index (χ1v) is 20.9. The lowest BCUT2D eigenvalue weighted by molar-refractivity contribution is 0.0702. The van der Waals surface area contributed by atoms with Gasteiger partial charge in [-0.25, -0.2) is 15.0 Å². The smallest absolute Gasteiger partial charge is 0.164 e. The van der Waals surface area contributed by atoms with E-state index in [9.17, 15) is 5.26 Å². The van der Waals surface area contributed by atoms with Crippen LogP contribution < -0.4 is 0 Å². The first kappa shape index (κ1) is 35.9. The lowest BCUT2D eigenvalue weighted by Crippen LogP contribution is -2.42. The molecule has 4 heteroatoms. The first-order valence-electron chi connectivity index (χ1n) is 20.9. The molecule has 0 radical (unpaired) electrons. The van der Waals surface area contributed by atoms with E-state index in [-0.39, 0.29) is 5.41 Å². The fourth-order valence-electron chi connectivity index (χ4n) is 10.5. The molecule has 1 unspecified atom stereocenters. The van der Waals surface area contributed by atoms with Crippen molar-refractivity contribution < 1.29 is 0 Å². The summed E-state index contributed by atoms with van der Waals surface area (Å²) in [5, 5.41) is 14.2. The molecule has 2 fully saturated rings. The van der Waals surface area contributed by atoms with Gasteiger partial charge in [0.05, 0.1) is 11.6 Å². The van der Waals surface area contributed by atoms with Gasteiger partial charge in [-0.15, -0.1) is 0 Å². The molecule has 0 N–H and O–H groups in total. The molecule has 2 aliphatic rings. The maximum Gasteiger partial charge on any atom is 0.164 e. The summed E-state index contributed by atoms with van der Waals surface area (Å²) in [4.78, 5) is 15.4. The van der Waals surface area contributed by atoms with Crippen molar-refractivity contribution in [3.8, 4) is 62.5 Å². The fraction of sp³-hybridized carbons (Fsp3) is 0.222. The number of aromatic nitrogens is 3. The van der Waals surface area contributed by atoms with E-state index >= 15 is 0 Å². The van der Waals surface area contributed by atoms with Crippen molar-refractivity contribution in [3.63, 3.8) is 0 Å². The number of nitrogens with zero attached hydrogens (tertiary/aromatic N) is 4. The Labute approximate surface area is 341 Å². The second kappa shape index (κ2) is 14.8. The Hall–Kier alpha value is -6.44. The van der Waals surface area contributed by atoms with Crippen LogP contribution in [0.1, 0.15) is 63.5 Å². The molecule has 10 rings (SSSR count). The topological polar surface area (TPSA) is 62.5 Å². The van der Waals surface area contributed by atoms with E-state index in [4.69, 9.17) is 15.0 Å². The molecular weight excluding hydrogens is 705 g/mol. The van der Waals surface area contributed by atoms with Gasteiger partial charge in [0.25, 0.3) is 0 Å². The Balaban J connectivity index is 1.02. The molecule has 58 heavy (non-hydrogen) atoms. The zero-order valence-electron chi connectivity index (χ0n) is 33.2. The van der Waals surface area contributed by atoms with E-state index in [1.54, 1.807) is 0 Å². The van der Waals surface area contributed by atoms with Crippen molar-refractivity contribution in [1.82, 2.24) is 15.0 Å². The zero-order valence-corrected chi connectivity index (χ0v) is 33.2. The van der Waals surface area contributed by atoms with Gasteiger partial charge in [0, 0.05) is 22.1 Å². The van der Waals surface area contributed by atoms with Crippen LogP contribution >= 0.6 is 0 Å². The molecule has 2 saturated carbocycles. The lowest BCUT2D eigenvalue weighted by Gasteiger charge is -2.51. The molecule has 4 nitrogen and oxygen atoms in total. The van der Waals surface area contributed by atoms with Gasteiger partial charge in [-0.05, 0) is 111 Å². The van der Waals surface area contributed by atoms with E-state index in [1.807, 2.05) is 30.3 Å².